The SMILES string of the molecule is CO[C@@H]1/C=C/CN(C)C(=O)NS(=O)(=O)c2ccc3c(c2)N(C[C@@H]2CC[C@H]21)C[C@@]1(CCCc2cc(Cl)ccc21)CO3. The Morgan fingerprint density at radius 1 is 1.18 bits per heavy atom. The van der Waals surface area contributed by atoms with Gasteiger partial charge < -0.3 is 19.3 Å². The first-order chi connectivity index (χ1) is 19.2. The van der Waals surface area contributed by atoms with Crippen molar-refractivity contribution in [3.05, 3.63) is 64.7 Å². The Morgan fingerprint density at radius 3 is 2.80 bits per heavy atom. The Morgan fingerprint density at radius 2 is 2.02 bits per heavy atom. The van der Waals surface area contributed by atoms with Crippen LogP contribution in [-0.2, 0) is 26.6 Å². The molecule has 40 heavy (non-hydrogen) atoms. The molecule has 1 N–H and O–H groups in total. The number of sulfonamides is 1. The molecule has 0 radical (unpaired) electrons. The quantitative estimate of drug-likeness (QED) is 0.486. The van der Waals surface area contributed by atoms with Crippen LogP contribution in [0.2, 0.25) is 5.02 Å². The fourth-order valence-electron chi connectivity index (χ4n) is 6.88. The fourth-order valence-corrected chi connectivity index (χ4v) is 8.09. The number of anilines is 1. The van der Waals surface area contributed by atoms with E-state index in [1.807, 2.05) is 18.2 Å². The second-order valence-electron chi connectivity index (χ2n) is 11.7. The third kappa shape index (κ3) is 4.97. The van der Waals surface area contributed by atoms with Crippen molar-refractivity contribution in [2.45, 2.75) is 48.5 Å². The van der Waals surface area contributed by atoms with Crippen molar-refractivity contribution < 1.29 is 22.7 Å². The first-order valence-electron chi connectivity index (χ1n) is 14.0. The first-order valence-corrected chi connectivity index (χ1v) is 15.8. The molecule has 1 fully saturated rings. The molecule has 0 aromatic heterocycles. The van der Waals surface area contributed by atoms with E-state index in [0.29, 0.717) is 30.7 Å². The summed E-state index contributed by atoms with van der Waals surface area (Å²) in [5, 5.41) is 0.737. The van der Waals surface area contributed by atoms with Gasteiger partial charge in [0.25, 0.3) is 10.0 Å². The van der Waals surface area contributed by atoms with E-state index in [-0.39, 0.29) is 23.0 Å². The molecule has 4 atom stereocenters. The average molecular weight is 586 g/mol. The van der Waals surface area contributed by atoms with Crippen LogP contribution in [0.15, 0.2) is 53.4 Å². The van der Waals surface area contributed by atoms with Crippen LogP contribution >= 0.6 is 11.6 Å². The van der Waals surface area contributed by atoms with Gasteiger partial charge in [0, 0.05) is 44.2 Å². The third-order valence-corrected chi connectivity index (χ3v) is 10.8. The van der Waals surface area contributed by atoms with Crippen molar-refractivity contribution >= 4 is 33.3 Å². The predicted molar refractivity (Wildman–Crippen MR) is 155 cm³/mol. The molecule has 1 saturated carbocycles. The van der Waals surface area contributed by atoms with Crippen LogP contribution in [0, 0.1) is 11.8 Å². The zero-order chi connectivity index (χ0) is 28.1. The highest BCUT2D eigenvalue weighted by molar-refractivity contribution is 7.90. The number of halogens is 1. The molecule has 2 amide bonds. The van der Waals surface area contributed by atoms with Crippen molar-refractivity contribution in [1.29, 1.82) is 0 Å². The maximum atomic E-state index is 13.3. The molecule has 2 heterocycles. The monoisotopic (exact) mass is 585 g/mol. The van der Waals surface area contributed by atoms with Gasteiger partial charge >= 0.3 is 6.03 Å². The molecule has 2 aliphatic carbocycles. The predicted octanol–water partition coefficient (Wildman–Crippen LogP) is 4.75. The van der Waals surface area contributed by atoms with Gasteiger partial charge in [-0.15, -0.1) is 0 Å². The molecule has 214 valence electrons. The number of rotatable bonds is 1. The molecule has 1 spiro atoms. The summed E-state index contributed by atoms with van der Waals surface area (Å²) in [6.45, 7) is 2.23. The molecule has 6 rings (SSSR count). The van der Waals surface area contributed by atoms with Crippen LogP contribution < -0.4 is 14.4 Å². The lowest BCUT2D eigenvalue weighted by Crippen LogP contribution is -2.49. The van der Waals surface area contributed by atoms with Crippen molar-refractivity contribution in [2.75, 3.05) is 45.3 Å². The molecule has 2 aromatic carbocycles. The van der Waals surface area contributed by atoms with Crippen molar-refractivity contribution in [1.82, 2.24) is 9.62 Å². The number of hydrogen-bond acceptors (Lipinski definition) is 6. The van der Waals surface area contributed by atoms with Gasteiger partial charge in [0.05, 0.1) is 23.3 Å². The van der Waals surface area contributed by atoms with E-state index >= 15 is 0 Å². The topological polar surface area (TPSA) is 88.2 Å². The van der Waals surface area contributed by atoms with E-state index in [9.17, 15) is 13.2 Å². The number of carbonyl (C=O) groups is 1. The van der Waals surface area contributed by atoms with Crippen LogP contribution in [0.5, 0.6) is 5.75 Å². The van der Waals surface area contributed by atoms with E-state index in [1.54, 1.807) is 26.3 Å². The number of likely N-dealkylation sites (N-methyl/N-ethyl adjacent to an activating group) is 1. The number of urea groups is 1. The van der Waals surface area contributed by atoms with Crippen LogP contribution in [0.3, 0.4) is 0 Å². The molecular formula is C30H36ClN3O5S. The largest absolute Gasteiger partial charge is 0.490 e. The highest BCUT2D eigenvalue weighted by Gasteiger charge is 2.44. The van der Waals surface area contributed by atoms with Gasteiger partial charge in [0.15, 0.2) is 0 Å². The van der Waals surface area contributed by atoms with Crippen molar-refractivity contribution in [3.63, 3.8) is 0 Å². The van der Waals surface area contributed by atoms with Crippen molar-refractivity contribution in [2.24, 2.45) is 11.8 Å². The van der Waals surface area contributed by atoms with Gasteiger partial charge in [-0.05, 0) is 85.4 Å². The normalized spacial score (nSPS) is 30.4. The maximum absolute atomic E-state index is 13.3. The highest BCUT2D eigenvalue weighted by atomic mass is 35.5. The number of hydrogen-bond donors (Lipinski definition) is 1. The van der Waals surface area contributed by atoms with Crippen LogP contribution in [0.25, 0.3) is 0 Å². The Hall–Kier alpha value is -2.75. The van der Waals surface area contributed by atoms with Gasteiger partial charge in [0.2, 0.25) is 0 Å². The summed E-state index contributed by atoms with van der Waals surface area (Å²) >= 11 is 6.38. The minimum atomic E-state index is -4.10. The van der Waals surface area contributed by atoms with Gasteiger partial charge in [-0.2, -0.15) is 0 Å². The fraction of sp³-hybridized carbons (Fsp3) is 0.500. The number of ether oxygens (including phenoxy) is 2. The number of fused-ring (bicyclic) bond motifs is 4. The van der Waals surface area contributed by atoms with Gasteiger partial charge in [-0.3, -0.25) is 0 Å². The molecule has 10 heteroatoms. The smallest absolute Gasteiger partial charge is 0.331 e. The molecule has 2 aliphatic heterocycles. The zero-order valence-corrected chi connectivity index (χ0v) is 24.5. The van der Waals surface area contributed by atoms with Crippen LogP contribution in [-0.4, -0.2) is 65.9 Å². The minimum absolute atomic E-state index is 0.0405. The van der Waals surface area contributed by atoms with Crippen LogP contribution in [0.1, 0.15) is 36.8 Å². The summed E-state index contributed by atoms with van der Waals surface area (Å²) in [5.74, 6) is 1.36. The number of nitrogens with zero attached hydrogens (tertiary/aromatic N) is 2. The summed E-state index contributed by atoms with van der Waals surface area (Å²) in [6, 6.07) is 10.4. The number of amides is 2. The second-order valence-corrected chi connectivity index (χ2v) is 13.8. The standard InChI is InChI=1S/C30H36ClN3O5S/c1-33-14-4-6-27(38-2)24-10-7-21(24)17-34-18-30(13-3-5-20-15-22(31)8-11-25(20)30)19-39-28-12-9-23(16-26(28)34)40(36,37)32-29(33)35/h4,6,8-9,11-12,15-16,21,24,27H,3,5,7,10,13-14,17-19H2,1-2H3,(H,32,35)/b6-4+/t21-,24+,27+,30-/m0/s1. The number of nitrogens with one attached hydrogen (secondary N) is 1. The Kier molecular flexibility index (Phi) is 7.25. The van der Waals surface area contributed by atoms with E-state index in [1.165, 1.54) is 22.1 Å². The van der Waals surface area contributed by atoms with Crippen molar-refractivity contribution in [3.8, 4) is 5.75 Å². The lowest BCUT2D eigenvalue weighted by Gasteiger charge is -2.46. The molecule has 2 aromatic rings. The molecule has 0 saturated heterocycles. The van der Waals surface area contributed by atoms with Gasteiger partial charge in [-0.1, -0.05) is 29.8 Å². The van der Waals surface area contributed by atoms with E-state index in [0.717, 1.165) is 49.4 Å². The summed E-state index contributed by atoms with van der Waals surface area (Å²) in [7, 11) is -0.801. The average Bonchev–Trinajstić information content (AvgIpc) is 3.06. The lowest BCUT2D eigenvalue weighted by molar-refractivity contribution is 0.0131. The summed E-state index contributed by atoms with van der Waals surface area (Å²) in [6.07, 6.45) is 8.92. The summed E-state index contributed by atoms with van der Waals surface area (Å²) < 4.78 is 41.3. The summed E-state index contributed by atoms with van der Waals surface area (Å²) in [5.41, 5.74) is 3.01. The second kappa shape index (κ2) is 10.6. The Bertz CT molecular complexity index is 1450. The Balaban J connectivity index is 1.45. The van der Waals surface area contributed by atoms with E-state index < -0.39 is 16.1 Å². The van der Waals surface area contributed by atoms with Gasteiger partial charge in [-0.25, -0.2) is 17.9 Å². The molecular weight excluding hydrogens is 550 g/mol. The van der Waals surface area contributed by atoms with Crippen LogP contribution in [0.4, 0.5) is 10.5 Å². The molecule has 0 unspecified atom stereocenters. The van der Waals surface area contributed by atoms with E-state index in [4.69, 9.17) is 21.1 Å². The highest BCUT2D eigenvalue weighted by Crippen LogP contribution is 2.47. The third-order valence-electron chi connectivity index (χ3n) is 9.22. The molecule has 8 nitrogen and oxygen atoms in total. The van der Waals surface area contributed by atoms with Gasteiger partial charge in [0.1, 0.15) is 5.75 Å². The summed E-state index contributed by atoms with van der Waals surface area (Å²) in [4.78, 5) is 16.5. The number of methoxy groups -OCH3 is 1. The lowest BCUT2D eigenvalue weighted by atomic mass is 9.68. The number of benzene rings is 2. The first kappa shape index (κ1) is 27.4. The number of aryl methyl sites for hydroxylation is 1. The number of carbonyl (C=O) groups excluding carboxylic acids is 1. The molecule has 4 aliphatic rings. The molecule has 2 bridgehead atoms. The zero-order valence-electron chi connectivity index (χ0n) is 22.9. The maximum Gasteiger partial charge on any atom is 0.331 e. The minimum Gasteiger partial charge on any atom is -0.490 e. The Labute approximate surface area is 241 Å². The van der Waals surface area contributed by atoms with E-state index in [2.05, 4.69) is 21.8 Å².